The van der Waals surface area contributed by atoms with Gasteiger partial charge in [-0.1, -0.05) is 30.3 Å². The molecule has 1 aliphatic rings. The Morgan fingerprint density at radius 3 is 2.43 bits per heavy atom. The van der Waals surface area contributed by atoms with Crippen LogP contribution in [0.15, 0.2) is 48.7 Å². The Morgan fingerprint density at radius 2 is 1.83 bits per heavy atom. The Hall–Kier alpha value is -2.40. The summed E-state index contributed by atoms with van der Waals surface area (Å²) in [6, 6.07) is 14.1. The van der Waals surface area contributed by atoms with Crippen LogP contribution < -0.4 is 5.32 Å². The number of aromatic nitrogens is 1. The molecule has 1 amide bonds. The van der Waals surface area contributed by atoms with E-state index >= 15 is 0 Å². The zero-order chi connectivity index (χ0) is 16.1. The van der Waals surface area contributed by atoms with E-state index in [1.54, 1.807) is 6.20 Å². The number of pyridine rings is 1. The number of anilines is 1. The minimum atomic E-state index is 0.0690. The lowest BCUT2D eigenvalue weighted by atomic mass is 10.2. The van der Waals surface area contributed by atoms with Crippen molar-refractivity contribution in [2.24, 2.45) is 0 Å². The van der Waals surface area contributed by atoms with Gasteiger partial charge in [0.2, 0.25) is 0 Å². The molecule has 1 aromatic heterocycles. The van der Waals surface area contributed by atoms with Gasteiger partial charge in [0.15, 0.2) is 0 Å². The summed E-state index contributed by atoms with van der Waals surface area (Å²) in [7, 11) is 1.82. The molecule has 1 aromatic carbocycles. The molecule has 1 fully saturated rings. The molecule has 23 heavy (non-hydrogen) atoms. The SMILES string of the molecule is CNc1ccc(C(=O)N2CCN(Cc3ccccc3)CC2)cn1. The number of amides is 1. The van der Waals surface area contributed by atoms with E-state index in [2.05, 4.69) is 39.5 Å². The Bertz CT molecular complexity index is 634. The third kappa shape index (κ3) is 3.87. The number of benzene rings is 1. The van der Waals surface area contributed by atoms with Crippen molar-refractivity contribution in [1.29, 1.82) is 0 Å². The van der Waals surface area contributed by atoms with Gasteiger partial charge < -0.3 is 10.2 Å². The number of piperazine rings is 1. The molecule has 120 valence electrons. The predicted molar refractivity (Wildman–Crippen MR) is 91.4 cm³/mol. The Morgan fingerprint density at radius 1 is 1.09 bits per heavy atom. The van der Waals surface area contributed by atoms with Crippen LogP contribution in [0.25, 0.3) is 0 Å². The number of nitrogens with zero attached hydrogens (tertiary/aromatic N) is 3. The zero-order valence-corrected chi connectivity index (χ0v) is 13.4. The van der Waals surface area contributed by atoms with Gasteiger partial charge >= 0.3 is 0 Å². The van der Waals surface area contributed by atoms with Gasteiger partial charge in [-0.3, -0.25) is 9.69 Å². The number of hydrogen-bond acceptors (Lipinski definition) is 4. The minimum Gasteiger partial charge on any atom is -0.373 e. The van der Waals surface area contributed by atoms with Crippen LogP contribution in [0.2, 0.25) is 0 Å². The second-order valence-corrected chi connectivity index (χ2v) is 5.74. The molecule has 2 aromatic rings. The van der Waals surface area contributed by atoms with Crippen LogP contribution in [0.3, 0.4) is 0 Å². The summed E-state index contributed by atoms with van der Waals surface area (Å²) in [5, 5.41) is 2.96. The second-order valence-electron chi connectivity index (χ2n) is 5.74. The van der Waals surface area contributed by atoms with E-state index in [0.717, 1.165) is 38.5 Å². The van der Waals surface area contributed by atoms with E-state index < -0.39 is 0 Å². The normalized spacial score (nSPS) is 15.4. The van der Waals surface area contributed by atoms with Crippen LogP contribution in [0, 0.1) is 0 Å². The molecule has 1 N–H and O–H groups in total. The molecule has 3 rings (SSSR count). The first-order chi connectivity index (χ1) is 11.3. The lowest BCUT2D eigenvalue weighted by Gasteiger charge is -2.34. The minimum absolute atomic E-state index is 0.0690. The van der Waals surface area contributed by atoms with Crippen LogP contribution in [0.4, 0.5) is 5.82 Å². The Balaban J connectivity index is 1.54. The highest BCUT2D eigenvalue weighted by atomic mass is 16.2. The van der Waals surface area contributed by atoms with E-state index in [9.17, 15) is 4.79 Å². The summed E-state index contributed by atoms with van der Waals surface area (Å²) in [4.78, 5) is 21.0. The predicted octanol–water partition coefficient (Wildman–Crippen LogP) is 2.08. The van der Waals surface area contributed by atoms with Gasteiger partial charge in [-0.2, -0.15) is 0 Å². The van der Waals surface area contributed by atoms with Gasteiger partial charge in [0, 0.05) is 46.0 Å². The van der Waals surface area contributed by atoms with Crippen LogP contribution in [-0.4, -0.2) is 53.9 Å². The standard InChI is InChI=1S/C18H22N4O/c1-19-17-8-7-16(13-20-17)18(23)22-11-9-21(10-12-22)14-15-5-3-2-4-6-15/h2-8,13H,9-12,14H2,1H3,(H,19,20). The summed E-state index contributed by atoms with van der Waals surface area (Å²) >= 11 is 0. The summed E-state index contributed by atoms with van der Waals surface area (Å²) in [6.45, 7) is 4.28. The smallest absolute Gasteiger partial charge is 0.255 e. The largest absolute Gasteiger partial charge is 0.373 e. The van der Waals surface area contributed by atoms with Crippen molar-refractivity contribution in [3.05, 3.63) is 59.8 Å². The van der Waals surface area contributed by atoms with Gasteiger partial charge in [-0.05, 0) is 17.7 Å². The molecule has 2 heterocycles. The fourth-order valence-electron chi connectivity index (χ4n) is 2.80. The number of hydrogen-bond donors (Lipinski definition) is 1. The summed E-state index contributed by atoms with van der Waals surface area (Å²) in [6.07, 6.45) is 1.64. The van der Waals surface area contributed by atoms with E-state index in [0.29, 0.717) is 5.56 Å². The molecule has 0 radical (unpaired) electrons. The molecule has 5 nitrogen and oxygen atoms in total. The summed E-state index contributed by atoms with van der Waals surface area (Å²) < 4.78 is 0. The lowest BCUT2D eigenvalue weighted by Crippen LogP contribution is -2.48. The van der Waals surface area contributed by atoms with Gasteiger partial charge in [0.05, 0.1) is 5.56 Å². The summed E-state index contributed by atoms with van der Waals surface area (Å²) in [5.41, 5.74) is 1.97. The molecule has 0 atom stereocenters. The number of rotatable bonds is 4. The number of carbonyl (C=O) groups is 1. The third-order valence-electron chi connectivity index (χ3n) is 4.18. The molecule has 0 aliphatic carbocycles. The maximum Gasteiger partial charge on any atom is 0.255 e. The molecule has 5 heteroatoms. The van der Waals surface area contributed by atoms with Crippen LogP contribution >= 0.6 is 0 Å². The second kappa shape index (κ2) is 7.24. The highest BCUT2D eigenvalue weighted by molar-refractivity contribution is 5.94. The highest BCUT2D eigenvalue weighted by Crippen LogP contribution is 2.12. The van der Waals surface area contributed by atoms with Gasteiger partial charge in [0.1, 0.15) is 5.82 Å². The Kier molecular flexibility index (Phi) is 4.88. The molecular formula is C18H22N4O. The van der Waals surface area contributed by atoms with Crippen molar-refractivity contribution in [3.63, 3.8) is 0 Å². The molecule has 1 saturated heterocycles. The van der Waals surface area contributed by atoms with Gasteiger partial charge in [-0.15, -0.1) is 0 Å². The van der Waals surface area contributed by atoms with Crippen molar-refractivity contribution in [3.8, 4) is 0 Å². The fourth-order valence-corrected chi connectivity index (χ4v) is 2.80. The highest BCUT2D eigenvalue weighted by Gasteiger charge is 2.22. The van der Waals surface area contributed by atoms with Gasteiger partial charge in [-0.25, -0.2) is 4.98 Å². The number of nitrogens with one attached hydrogen (secondary N) is 1. The quantitative estimate of drug-likeness (QED) is 0.939. The summed E-state index contributed by atoms with van der Waals surface area (Å²) in [5.74, 6) is 0.841. The van der Waals surface area contributed by atoms with Crippen molar-refractivity contribution >= 4 is 11.7 Å². The molecule has 0 bridgehead atoms. The molecule has 0 unspecified atom stereocenters. The fraction of sp³-hybridized carbons (Fsp3) is 0.333. The first kappa shape index (κ1) is 15.5. The van der Waals surface area contributed by atoms with Crippen LogP contribution in [0.1, 0.15) is 15.9 Å². The topological polar surface area (TPSA) is 48.5 Å². The van der Waals surface area contributed by atoms with Crippen molar-refractivity contribution in [1.82, 2.24) is 14.8 Å². The maximum atomic E-state index is 12.5. The molecule has 0 saturated carbocycles. The maximum absolute atomic E-state index is 12.5. The van der Waals surface area contributed by atoms with Crippen molar-refractivity contribution < 1.29 is 4.79 Å². The third-order valence-corrected chi connectivity index (χ3v) is 4.18. The van der Waals surface area contributed by atoms with E-state index in [-0.39, 0.29) is 5.91 Å². The van der Waals surface area contributed by atoms with E-state index in [1.807, 2.05) is 30.1 Å². The van der Waals surface area contributed by atoms with E-state index in [1.165, 1.54) is 5.56 Å². The molecule has 0 spiro atoms. The monoisotopic (exact) mass is 310 g/mol. The van der Waals surface area contributed by atoms with Crippen LogP contribution in [0.5, 0.6) is 0 Å². The van der Waals surface area contributed by atoms with Crippen molar-refractivity contribution in [2.75, 3.05) is 38.5 Å². The lowest BCUT2D eigenvalue weighted by molar-refractivity contribution is 0.0628. The first-order valence-electron chi connectivity index (χ1n) is 7.95. The average Bonchev–Trinajstić information content (AvgIpc) is 2.63. The van der Waals surface area contributed by atoms with Gasteiger partial charge in [0.25, 0.3) is 5.91 Å². The zero-order valence-electron chi connectivity index (χ0n) is 13.4. The average molecular weight is 310 g/mol. The van der Waals surface area contributed by atoms with Crippen molar-refractivity contribution in [2.45, 2.75) is 6.54 Å². The van der Waals surface area contributed by atoms with E-state index in [4.69, 9.17) is 0 Å². The Labute approximate surface area is 136 Å². The molecule has 1 aliphatic heterocycles. The number of carbonyl (C=O) groups excluding carboxylic acids is 1. The van der Waals surface area contributed by atoms with Crippen LogP contribution in [-0.2, 0) is 6.54 Å². The first-order valence-corrected chi connectivity index (χ1v) is 7.95. The molecular weight excluding hydrogens is 288 g/mol.